The van der Waals surface area contributed by atoms with Gasteiger partial charge in [0, 0.05) is 38.4 Å². The van der Waals surface area contributed by atoms with Crippen molar-refractivity contribution in [2.45, 2.75) is 38.5 Å². The molecule has 1 N–H and O–H groups in total. The number of anilines is 2. The number of hydrogen-bond acceptors (Lipinski definition) is 2. The van der Waals surface area contributed by atoms with Crippen molar-refractivity contribution in [2.75, 3.05) is 12.4 Å². The maximum absolute atomic E-state index is 6.59. The summed E-state index contributed by atoms with van der Waals surface area (Å²) in [6.45, 7) is 9.44. The molecule has 2 aliphatic carbocycles. The van der Waals surface area contributed by atoms with Gasteiger partial charge in [-0.2, -0.15) is 0 Å². The van der Waals surface area contributed by atoms with E-state index in [1.165, 1.54) is 121 Å². The van der Waals surface area contributed by atoms with Gasteiger partial charge in [-0.1, -0.05) is 262 Å². The number of nitrogens with one attached hydrogen (secondary N) is 1. The summed E-state index contributed by atoms with van der Waals surface area (Å²) >= 11 is 6.59. The SMILES string of the molecule is COc1cc(Cl)ccc1-c1cc2c3ccccc3c(B(c3ccccc3-c3cccc(-c4ccc5c(c4)C(C)(C)c4ccc(Nc6ccccc6-c6ccccc6)cc4-5)c3)c3cccc4c3C(C)(C)c3ccccc3-4)cc2c2ccccc12. The molecule has 83 heavy (non-hydrogen) atoms. The van der Waals surface area contributed by atoms with E-state index in [1.807, 2.05) is 12.1 Å². The number of fused-ring (bicyclic) bond motifs is 11. The lowest BCUT2D eigenvalue weighted by molar-refractivity contribution is 0.416. The quantitative estimate of drug-likeness (QED) is 0.109. The molecule has 396 valence electrons. The van der Waals surface area contributed by atoms with Crippen molar-refractivity contribution in [2.24, 2.45) is 0 Å². The first kappa shape index (κ1) is 50.5. The van der Waals surface area contributed by atoms with Crippen LogP contribution in [0.1, 0.15) is 49.9 Å². The van der Waals surface area contributed by atoms with Crippen molar-refractivity contribution in [3.8, 4) is 72.5 Å². The van der Waals surface area contributed by atoms with Crippen molar-refractivity contribution in [1.82, 2.24) is 0 Å². The first-order valence-corrected chi connectivity index (χ1v) is 29.3. The zero-order valence-corrected chi connectivity index (χ0v) is 47.9. The van der Waals surface area contributed by atoms with Crippen LogP contribution in [0.25, 0.3) is 99.1 Å². The number of hydrogen-bond donors (Lipinski definition) is 1. The highest BCUT2D eigenvalue weighted by atomic mass is 35.5. The molecule has 0 spiro atoms. The van der Waals surface area contributed by atoms with Crippen molar-refractivity contribution >= 4 is 78.4 Å². The highest BCUT2D eigenvalue weighted by Crippen LogP contribution is 2.52. The summed E-state index contributed by atoms with van der Waals surface area (Å²) in [6.07, 6.45) is 0. The third-order valence-electron chi connectivity index (χ3n) is 18.3. The van der Waals surface area contributed by atoms with E-state index in [-0.39, 0.29) is 17.5 Å². The minimum Gasteiger partial charge on any atom is -0.496 e. The second kappa shape index (κ2) is 19.7. The van der Waals surface area contributed by atoms with Gasteiger partial charge in [0.05, 0.1) is 7.11 Å². The first-order chi connectivity index (χ1) is 40.5. The largest absolute Gasteiger partial charge is 0.496 e. The summed E-state index contributed by atoms with van der Waals surface area (Å²) in [5.74, 6) is 0.750. The second-order valence-corrected chi connectivity index (χ2v) is 24.1. The Morgan fingerprint density at radius 3 is 1.75 bits per heavy atom. The van der Waals surface area contributed by atoms with Gasteiger partial charge in [0.15, 0.2) is 0 Å². The zero-order valence-electron chi connectivity index (χ0n) is 47.2. The van der Waals surface area contributed by atoms with Gasteiger partial charge in [-0.15, -0.1) is 0 Å². The minimum absolute atomic E-state index is 0.159. The summed E-state index contributed by atoms with van der Waals surface area (Å²) in [7, 11) is 1.72. The molecular weight excluding hydrogens is 1030 g/mol. The average Bonchev–Trinajstić information content (AvgIpc) is 3.60. The lowest BCUT2D eigenvalue weighted by atomic mass is 9.34. The van der Waals surface area contributed by atoms with Crippen LogP contribution in [0.4, 0.5) is 11.4 Å². The van der Waals surface area contributed by atoms with Crippen LogP contribution in [0.15, 0.2) is 261 Å². The molecule has 13 aromatic rings. The molecule has 4 heteroatoms. The van der Waals surface area contributed by atoms with Crippen LogP contribution >= 0.6 is 11.6 Å². The molecular formula is C79H59BClNO. The molecule has 13 aromatic carbocycles. The van der Waals surface area contributed by atoms with Crippen LogP contribution in [-0.4, -0.2) is 13.8 Å². The Morgan fingerprint density at radius 2 is 0.928 bits per heavy atom. The van der Waals surface area contributed by atoms with Crippen LogP contribution in [0.5, 0.6) is 5.75 Å². The monoisotopic (exact) mass is 1080 g/mol. The number of para-hydroxylation sites is 1. The lowest BCUT2D eigenvalue weighted by Crippen LogP contribution is -2.55. The first-order valence-electron chi connectivity index (χ1n) is 28.9. The van der Waals surface area contributed by atoms with E-state index >= 15 is 0 Å². The van der Waals surface area contributed by atoms with Crippen molar-refractivity contribution in [3.05, 3.63) is 288 Å². The molecule has 0 aliphatic heterocycles. The molecule has 0 saturated heterocycles. The van der Waals surface area contributed by atoms with Crippen molar-refractivity contribution < 1.29 is 4.74 Å². The fourth-order valence-corrected chi connectivity index (χ4v) is 14.6. The van der Waals surface area contributed by atoms with Crippen LogP contribution in [0, 0.1) is 0 Å². The van der Waals surface area contributed by atoms with E-state index in [0.717, 1.165) is 33.6 Å². The molecule has 15 rings (SSSR count). The maximum Gasteiger partial charge on any atom is 0.243 e. The van der Waals surface area contributed by atoms with Gasteiger partial charge in [-0.25, -0.2) is 0 Å². The van der Waals surface area contributed by atoms with Gasteiger partial charge < -0.3 is 10.1 Å². The Kier molecular flexibility index (Phi) is 12.0. The van der Waals surface area contributed by atoms with Gasteiger partial charge in [-0.3, -0.25) is 0 Å². The Hall–Kier alpha value is -9.41. The van der Waals surface area contributed by atoms with Crippen LogP contribution in [-0.2, 0) is 10.8 Å². The molecule has 0 amide bonds. The third-order valence-corrected chi connectivity index (χ3v) is 18.6. The van der Waals surface area contributed by atoms with E-state index < -0.39 is 0 Å². The highest BCUT2D eigenvalue weighted by Gasteiger charge is 2.41. The summed E-state index contributed by atoms with van der Waals surface area (Å²) in [6, 6.07) is 96.6. The number of methoxy groups -OCH3 is 1. The molecule has 0 unspecified atom stereocenters. The standard InChI is InChI=1S/C79H59BClNO/c1-78(2)70-42-39-54(82-75-36-18-15-26-56(75)49-21-7-6-8-22-49)46-68(70)61-40-37-51(44-71(61)78)50-23-19-24-52(43-50)55-25-14-17-34-72(55)80(73-35-20-32-64-60-30-13-16-33-69(60)79(3,4)77(64)73)74-48-67-58-28-10-9-27-57(58)65(63-41-38-53(81)45-76(63)83-5)47-66(67)59-29-11-12-31-62(59)74/h6-48,82H,1-5H3. The Morgan fingerprint density at radius 1 is 0.337 bits per heavy atom. The Balaban J connectivity index is 0.889. The van der Waals surface area contributed by atoms with E-state index in [0.29, 0.717) is 5.02 Å². The van der Waals surface area contributed by atoms with Gasteiger partial charge >= 0.3 is 0 Å². The molecule has 0 radical (unpaired) electrons. The van der Waals surface area contributed by atoms with Crippen molar-refractivity contribution in [3.63, 3.8) is 0 Å². The van der Waals surface area contributed by atoms with E-state index in [1.54, 1.807) is 7.11 Å². The Bertz CT molecular complexity index is 4780. The van der Waals surface area contributed by atoms with Gasteiger partial charge in [0.1, 0.15) is 5.75 Å². The van der Waals surface area contributed by atoms with E-state index in [9.17, 15) is 0 Å². The Labute approximate surface area is 491 Å². The summed E-state index contributed by atoms with van der Waals surface area (Å²) in [5, 5.41) is 11.6. The van der Waals surface area contributed by atoms with E-state index in [4.69, 9.17) is 16.3 Å². The van der Waals surface area contributed by atoms with Crippen LogP contribution < -0.4 is 26.4 Å². The van der Waals surface area contributed by atoms with Gasteiger partial charge in [0.2, 0.25) is 6.71 Å². The summed E-state index contributed by atoms with van der Waals surface area (Å²) in [5.41, 5.74) is 25.5. The molecule has 0 bridgehead atoms. The molecule has 2 nitrogen and oxygen atoms in total. The molecule has 0 fully saturated rings. The molecule has 0 heterocycles. The van der Waals surface area contributed by atoms with Crippen LogP contribution in [0.3, 0.4) is 0 Å². The normalized spacial score (nSPS) is 13.4. The summed E-state index contributed by atoms with van der Waals surface area (Å²) < 4.78 is 6.02. The van der Waals surface area contributed by atoms with Gasteiger partial charge in [0.25, 0.3) is 0 Å². The number of ether oxygens (including phenoxy) is 1. The molecule has 0 saturated carbocycles. The molecule has 2 aliphatic rings. The predicted octanol–water partition coefficient (Wildman–Crippen LogP) is 19.3. The van der Waals surface area contributed by atoms with Gasteiger partial charge in [-0.05, 0) is 165 Å². The number of halogens is 1. The smallest absolute Gasteiger partial charge is 0.243 e. The predicted molar refractivity (Wildman–Crippen MR) is 355 cm³/mol. The second-order valence-electron chi connectivity index (χ2n) is 23.6. The third kappa shape index (κ3) is 8.16. The summed E-state index contributed by atoms with van der Waals surface area (Å²) in [4.78, 5) is 0. The van der Waals surface area contributed by atoms with Crippen LogP contribution in [0.2, 0.25) is 5.02 Å². The highest BCUT2D eigenvalue weighted by molar-refractivity contribution is 6.98. The molecule has 0 aromatic heterocycles. The minimum atomic E-state index is -0.256. The topological polar surface area (TPSA) is 21.3 Å². The maximum atomic E-state index is 6.59. The fourth-order valence-electron chi connectivity index (χ4n) is 14.5. The molecule has 0 atom stereocenters. The zero-order chi connectivity index (χ0) is 56.1. The van der Waals surface area contributed by atoms with E-state index in [2.05, 4.69) is 282 Å². The number of rotatable bonds is 10. The fraction of sp³-hybridized carbons (Fsp3) is 0.0886. The average molecular weight is 1080 g/mol. The van der Waals surface area contributed by atoms with Crippen molar-refractivity contribution in [1.29, 1.82) is 0 Å². The lowest BCUT2D eigenvalue weighted by Gasteiger charge is -2.29. The number of benzene rings is 13.